The van der Waals surface area contributed by atoms with Crippen LogP contribution in [0, 0.1) is 0 Å². The number of nitrogens with one attached hydrogen (secondary N) is 1. The van der Waals surface area contributed by atoms with E-state index in [1.165, 1.54) is 23.3 Å². The molecule has 2 aromatic rings. The smallest absolute Gasteiger partial charge is 0.261 e. The number of carbonyl (C=O) groups excluding carboxylic acids is 1. The molecule has 0 saturated carbocycles. The van der Waals surface area contributed by atoms with Crippen LogP contribution in [-0.4, -0.2) is 54.0 Å². The second kappa shape index (κ2) is 7.87. The summed E-state index contributed by atoms with van der Waals surface area (Å²) in [6.07, 6.45) is 1.23. The van der Waals surface area contributed by atoms with Crippen LogP contribution in [0.3, 0.4) is 0 Å². The zero-order valence-electron chi connectivity index (χ0n) is 14.3. The molecular weight excluding hydrogens is 389 g/mol. The molecule has 2 atom stereocenters. The van der Waals surface area contributed by atoms with Gasteiger partial charge in [-0.05, 0) is 18.1 Å². The van der Waals surface area contributed by atoms with E-state index in [0.29, 0.717) is 32.9 Å². The fourth-order valence-corrected chi connectivity index (χ4v) is 5.26. The lowest BCUT2D eigenvalue weighted by Gasteiger charge is -2.34. The van der Waals surface area contributed by atoms with Crippen molar-refractivity contribution in [1.82, 2.24) is 15.1 Å². The fourth-order valence-electron chi connectivity index (χ4n) is 3.98. The SMILES string of the molecule is O=C(NCCN1CC2CC1CN2Cc1ccccc1)c1cc(Cl)c(Cl)s1. The number of carbonyl (C=O) groups is 1. The Hall–Kier alpha value is -1.11. The number of hydrogen-bond donors (Lipinski definition) is 1. The summed E-state index contributed by atoms with van der Waals surface area (Å²) in [5.41, 5.74) is 1.38. The second-order valence-corrected chi connectivity index (χ2v) is 9.00. The summed E-state index contributed by atoms with van der Waals surface area (Å²) in [5, 5.41) is 3.42. The molecule has 1 amide bonds. The van der Waals surface area contributed by atoms with Crippen molar-refractivity contribution in [2.45, 2.75) is 25.0 Å². The minimum absolute atomic E-state index is 0.0983. The van der Waals surface area contributed by atoms with E-state index in [1.54, 1.807) is 6.07 Å². The van der Waals surface area contributed by atoms with E-state index in [0.717, 1.165) is 26.2 Å². The standard InChI is InChI=1S/C19H21Cl2N3OS/c20-16-9-17(26-18(16)21)19(25)22-6-7-23-11-15-8-14(23)12-24(15)10-13-4-2-1-3-5-13/h1-5,9,14-15H,6-8,10-12H2,(H,22,25). The number of amides is 1. The fraction of sp³-hybridized carbons (Fsp3) is 0.421. The van der Waals surface area contributed by atoms with Gasteiger partial charge in [0, 0.05) is 44.8 Å². The van der Waals surface area contributed by atoms with Gasteiger partial charge in [0.1, 0.15) is 4.34 Å². The maximum atomic E-state index is 12.2. The van der Waals surface area contributed by atoms with Gasteiger partial charge in [-0.1, -0.05) is 53.5 Å². The number of fused-ring (bicyclic) bond motifs is 2. The first-order chi connectivity index (χ1) is 12.6. The highest BCUT2D eigenvalue weighted by atomic mass is 35.5. The lowest BCUT2D eigenvalue weighted by atomic mass is 10.2. The lowest BCUT2D eigenvalue weighted by molar-refractivity contribution is 0.0935. The molecule has 2 aliphatic heterocycles. The van der Waals surface area contributed by atoms with Gasteiger partial charge in [-0.2, -0.15) is 0 Å². The Labute approximate surface area is 167 Å². The van der Waals surface area contributed by atoms with Crippen LogP contribution in [-0.2, 0) is 6.54 Å². The van der Waals surface area contributed by atoms with E-state index in [9.17, 15) is 4.79 Å². The second-order valence-electron chi connectivity index (χ2n) is 6.94. The van der Waals surface area contributed by atoms with Crippen molar-refractivity contribution in [3.8, 4) is 0 Å². The highest BCUT2D eigenvalue weighted by Crippen LogP contribution is 2.32. The zero-order chi connectivity index (χ0) is 18.1. The first-order valence-corrected chi connectivity index (χ1v) is 10.4. The summed E-state index contributed by atoms with van der Waals surface area (Å²) >= 11 is 13.0. The van der Waals surface area contributed by atoms with Gasteiger partial charge in [0.2, 0.25) is 0 Å². The summed E-state index contributed by atoms with van der Waals surface area (Å²) in [6, 6.07) is 13.5. The molecule has 2 fully saturated rings. The minimum atomic E-state index is -0.0983. The van der Waals surface area contributed by atoms with E-state index in [-0.39, 0.29) is 5.91 Å². The third kappa shape index (κ3) is 3.92. The number of piperazine rings is 1. The van der Waals surface area contributed by atoms with E-state index in [1.807, 2.05) is 0 Å². The molecule has 1 aromatic heterocycles. The summed E-state index contributed by atoms with van der Waals surface area (Å²) in [4.78, 5) is 17.8. The first-order valence-electron chi connectivity index (χ1n) is 8.85. The number of halogens is 2. The first kappa shape index (κ1) is 18.3. The van der Waals surface area contributed by atoms with Crippen molar-refractivity contribution in [3.05, 3.63) is 56.2 Å². The maximum Gasteiger partial charge on any atom is 0.261 e. The van der Waals surface area contributed by atoms with Crippen LogP contribution in [0.25, 0.3) is 0 Å². The highest BCUT2D eigenvalue weighted by molar-refractivity contribution is 7.18. The number of hydrogen-bond acceptors (Lipinski definition) is 4. The predicted molar refractivity (Wildman–Crippen MR) is 107 cm³/mol. The van der Waals surface area contributed by atoms with Gasteiger partial charge in [0.25, 0.3) is 5.91 Å². The number of likely N-dealkylation sites (tertiary alicyclic amines) is 2. The molecular formula is C19H21Cl2N3OS. The summed E-state index contributed by atoms with van der Waals surface area (Å²) < 4.78 is 0.465. The lowest BCUT2D eigenvalue weighted by Crippen LogP contribution is -2.48. The van der Waals surface area contributed by atoms with Crippen LogP contribution >= 0.6 is 34.5 Å². The third-order valence-corrected chi connectivity index (χ3v) is 7.11. The molecule has 0 spiro atoms. The van der Waals surface area contributed by atoms with Gasteiger partial charge < -0.3 is 5.32 Å². The molecule has 2 aliphatic rings. The summed E-state index contributed by atoms with van der Waals surface area (Å²) in [6.45, 7) is 4.77. The van der Waals surface area contributed by atoms with Crippen LogP contribution in [0.5, 0.6) is 0 Å². The quantitative estimate of drug-likeness (QED) is 0.788. The Balaban J connectivity index is 1.23. The van der Waals surface area contributed by atoms with E-state index in [4.69, 9.17) is 23.2 Å². The molecule has 7 heteroatoms. The Morgan fingerprint density at radius 2 is 1.88 bits per heavy atom. The molecule has 4 nitrogen and oxygen atoms in total. The van der Waals surface area contributed by atoms with Crippen molar-refractivity contribution >= 4 is 40.4 Å². The van der Waals surface area contributed by atoms with Crippen LogP contribution in [0.1, 0.15) is 21.7 Å². The molecule has 0 aliphatic carbocycles. The predicted octanol–water partition coefficient (Wildman–Crippen LogP) is 3.74. The van der Waals surface area contributed by atoms with E-state index >= 15 is 0 Å². The van der Waals surface area contributed by atoms with Gasteiger partial charge in [0.05, 0.1) is 9.90 Å². The summed E-state index contributed by atoms with van der Waals surface area (Å²) in [7, 11) is 0. The van der Waals surface area contributed by atoms with Crippen LogP contribution in [0.2, 0.25) is 9.36 Å². The Morgan fingerprint density at radius 1 is 1.15 bits per heavy atom. The van der Waals surface area contributed by atoms with Gasteiger partial charge in [0.15, 0.2) is 0 Å². The topological polar surface area (TPSA) is 35.6 Å². The molecule has 2 unspecified atom stereocenters. The normalized spacial score (nSPS) is 22.8. The number of thiophene rings is 1. The molecule has 1 aromatic carbocycles. The highest BCUT2D eigenvalue weighted by Gasteiger charge is 2.42. The van der Waals surface area contributed by atoms with Crippen molar-refractivity contribution in [1.29, 1.82) is 0 Å². The van der Waals surface area contributed by atoms with Gasteiger partial charge in [-0.15, -0.1) is 11.3 Å². The van der Waals surface area contributed by atoms with Crippen LogP contribution in [0.4, 0.5) is 0 Å². The zero-order valence-corrected chi connectivity index (χ0v) is 16.7. The van der Waals surface area contributed by atoms with Crippen LogP contribution < -0.4 is 5.32 Å². The number of rotatable bonds is 6. The number of nitrogens with zero attached hydrogens (tertiary/aromatic N) is 2. The molecule has 2 bridgehead atoms. The van der Waals surface area contributed by atoms with Gasteiger partial charge >= 0.3 is 0 Å². The van der Waals surface area contributed by atoms with Crippen LogP contribution in [0.15, 0.2) is 36.4 Å². The molecule has 26 heavy (non-hydrogen) atoms. The van der Waals surface area contributed by atoms with E-state index < -0.39 is 0 Å². The van der Waals surface area contributed by atoms with Crippen molar-refractivity contribution in [2.24, 2.45) is 0 Å². The molecule has 4 rings (SSSR count). The van der Waals surface area contributed by atoms with Crippen molar-refractivity contribution < 1.29 is 4.79 Å². The Kier molecular flexibility index (Phi) is 5.53. The molecule has 1 N–H and O–H groups in total. The van der Waals surface area contributed by atoms with Crippen molar-refractivity contribution in [3.63, 3.8) is 0 Å². The van der Waals surface area contributed by atoms with Crippen molar-refractivity contribution in [2.75, 3.05) is 26.2 Å². The van der Waals surface area contributed by atoms with Gasteiger partial charge in [-0.25, -0.2) is 0 Å². The average Bonchev–Trinajstić information content (AvgIpc) is 3.31. The van der Waals surface area contributed by atoms with E-state index in [2.05, 4.69) is 45.4 Å². The molecule has 138 valence electrons. The average molecular weight is 410 g/mol. The third-order valence-electron chi connectivity index (χ3n) is 5.25. The molecule has 3 heterocycles. The van der Waals surface area contributed by atoms with Gasteiger partial charge in [-0.3, -0.25) is 14.6 Å². The Morgan fingerprint density at radius 3 is 2.54 bits per heavy atom. The minimum Gasteiger partial charge on any atom is -0.350 e. The number of benzene rings is 1. The Bertz CT molecular complexity index is 763. The molecule has 2 saturated heterocycles. The monoisotopic (exact) mass is 409 g/mol. The maximum absolute atomic E-state index is 12.2. The largest absolute Gasteiger partial charge is 0.350 e. The molecule has 0 radical (unpaired) electrons. The summed E-state index contributed by atoms with van der Waals surface area (Å²) in [5.74, 6) is -0.0983.